The van der Waals surface area contributed by atoms with Gasteiger partial charge in [-0.2, -0.15) is 0 Å². The van der Waals surface area contributed by atoms with Crippen molar-refractivity contribution >= 4 is 23.5 Å². The van der Waals surface area contributed by atoms with Gasteiger partial charge in [0, 0.05) is 37.9 Å². The molecule has 0 aromatic carbocycles. The molecule has 2 aliphatic heterocycles. The molecule has 8 heteroatoms. The van der Waals surface area contributed by atoms with Gasteiger partial charge in [0.05, 0.1) is 11.8 Å². The number of hydrogen-bond acceptors (Lipinski definition) is 6. The number of hydrogen-bond donors (Lipinski definition) is 0. The van der Waals surface area contributed by atoms with E-state index in [2.05, 4.69) is 14.9 Å². The third kappa shape index (κ3) is 4.27. The first-order valence-electron chi connectivity index (χ1n) is 11.6. The highest BCUT2D eigenvalue weighted by Gasteiger charge is 2.51. The molecule has 3 aliphatic rings. The van der Waals surface area contributed by atoms with E-state index in [1.807, 2.05) is 50.8 Å². The molecule has 2 fully saturated rings. The molecule has 0 spiro atoms. The Hall–Kier alpha value is -2.77. The summed E-state index contributed by atoms with van der Waals surface area (Å²) in [5.41, 5.74) is 0.921. The van der Waals surface area contributed by atoms with Gasteiger partial charge in [0.15, 0.2) is 0 Å². The molecule has 172 valence electrons. The van der Waals surface area contributed by atoms with E-state index < -0.39 is 6.04 Å². The van der Waals surface area contributed by atoms with E-state index in [4.69, 9.17) is 0 Å². The van der Waals surface area contributed by atoms with E-state index in [9.17, 15) is 14.4 Å². The van der Waals surface area contributed by atoms with Crippen LogP contribution in [0.15, 0.2) is 18.2 Å². The molecule has 32 heavy (non-hydrogen) atoms. The fourth-order valence-electron chi connectivity index (χ4n) is 5.12. The van der Waals surface area contributed by atoms with Gasteiger partial charge in [-0.3, -0.25) is 19.3 Å². The second-order valence-corrected chi connectivity index (χ2v) is 9.57. The molecule has 3 amide bonds. The fourth-order valence-corrected chi connectivity index (χ4v) is 5.12. The fraction of sp³-hybridized carbons (Fsp3) is 0.625. The summed E-state index contributed by atoms with van der Waals surface area (Å²) >= 11 is 0. The van der Waals surface area contributed by atoms with Crippen LogP contribution in [0.1, 0.15) is 44.6 Å². The number of aryl methyl sites for hydroxylation is 2. The van der Waals surface area contributed by atoms with Crippen molar-refractivity contribution in [2.24, 2.45) is 17.8 Å². The van der Waals surface area contributed by atoms with Gasteiger partial charge < -0.3 is 9.80 Å². The molecule has 8 nitrogen and oxygen atoms in total. The maximum Gasteiger partial charge on any atom is 0.246 e. The molecule has 1 aromatic heterocycles. The smallest absolute Gasteiger partial charge is 0.246 e. The Morgan fingerprint density at radius 3 is 2.12 bits per heavy atom. The van der Waals surface area contributed by atoms with Crippen LogP contribution >= 0.6 is 0 Å². The van der Waals surface area contributed by atoms with Crippen LogP contribution in [0.4, 0.5) is 5.82 Å². The van der Waals surface area contributed by atoms with Crippen LogP contribution in [0.2, 0.25) is 0 Å². The molecule has 1 aromatic rings. The van der Waals surface area contributed by atoms with Crippen LogP contribution in [-0.2, 0) is 14.4 Å². The summed E-state index contributed by atoms with van der Waals surface area (Å²) in [5, 5.41) is 0. The number of amides is 3. The lowest BCUT2D eigenvalue weighted by Gasteiger charge is -2.38. The summed E-state index contributed by atoms with van der Waals surface area (Å²) in [6, 6.07) is 1.25. The average Bonchev–Trinajstić information content (AvgIpc) is 3.01. The number of likely N-dealkylation sites (tertiary alicyclic amines) is 1. The van der Waals surface area contributed by atoms with Crippen LogP contribution in [0.5, 0.6) is 0 Å². The van der Waals surface area contributed by atoms with Crippen molar-refractivity contribution in [1.29, 1.82) is 0 Å². The Balaban J connectivity index is 1.48. The van der Waals surface area contributed by atoms with Crippen molar-refractivity contribution in [2.75, 3.05) is 31.1 Å². The minimum Gasteiger partial charge on any atom is -0.353 e. The van der Waals surface area contributed by atoms with Crippen molar-refractivity contribution in [2.45, 2.75) is 53.0 Å². The predicted molar refractivity (Wildman–Crippen MR) is 121 cm³/mol. The van der Waals surface area contributed by atoms with Crippen LogP contribution in [0.25, 0.3) is 0 Å². The Morgan fingerprint density at radius 2 is 1.59 bits per heavy atom. The van der Waals surface area contributed by atoms with Gasteiger partial charge in [-0.15, -0.1) is 0 Å². The first-order chi connectivity index (χ1) is 15.3. The van der Waals surface area contributed by atoms with Gasteiger partial charge in [-0.05, 0) is 39.0 Å². The van der Waals surface area contributed by atoms with Crippen LogP contribution in [0, 0.1) is 31.6 Å². The molecule has 0 saturated carbocycles. The summed E-state index contributed by atoms with van der Waals surface area (Å²) in [7, 11) is 0. The molecule has 4 rings (SSSR count). The topological polar surface area (TPSA) is 86.7 Å². The lowest BCUT2D eigenvalue weighted by atomic mass is 9.85. The predicted octanol–water partition coefficient (Wildman–Crippen LogP) is 2.11. The molecule has 3 atom stereocenters. The zero-order valence-corrected chi connectivity index (χ0v) is 19.5. The van der Waals surface area contributed by atoms with E-state index in [1.165, 1.54) is 4.90 Å². The Morgan fingerprint density at radius 1 is 1.00 bits per heavy atom. The Bertz CT molecular complexity index is 889. The first-order valence-corrected chi connectivity index (χ1v) is 11.6. The van der Waals surface area contributed by atoms with Gasteiger partial charge in [-0.25, -0.2) is 9.97 Å². The van der Waals surface area contributed by atoms with Gasteiger partial charge >= 0.3 is 0 Å². The average molecular weight is 440 g/mol. The van der Waals surface area contributed by atoms with Crippen molar-refractivity contribution in [3.05, 3.63) is 29.7 Å². The van der Waals surface area contributed by atoms with E-state index in [-0.39, 0.29) is 35.5 Å². The standard InChI is InChI=1S/C24H33N5O3/c1-15(2)13-20(29-22(30)18-7-5-6-8-19(18)23(29)31)24(32)28-11-9-27(10-12-28)21-14-16(3)25-17(4)26-21/h5-6,14-15,18-20H,7-13H2,1-4H3. The number of anilines is 1. The number of fused-ring (bicyclic) bond motifs is 1. The quantitative estimate of drug-likeness (QED) is 0.516. The summed E-state index contributed by atoms with van der Waals surface area (Å²) in [6.45, 7) is 10.3. The molecular weight excluding hydrogens is 406 g/mol. The van der Waals surface area contributed by atoms with Crippen LogP contribution < -0.4 is 4.90 Å². The van der Waals surface area contributed by atoms with E-state index in [0.29, 0.717) is 45.4 Å². The van der Waals surface area contributed by atoms with E-state index in [1.54, 1.807) is 0 Å². The molecule has 0 bridgehead atoms. The molecular formula is C24H33N5O3. The zero-order valence-electron chi connectivity index (χ0n) is 19.5. The number of piperazine rings is 1. The highest BCUT2D eigenvalue weighted by Crippen LogP contribution is 2.37. The van der Waals surface area contributed by atoms with Crippen molar-refractivity contribution in [1.82, 2.24) is 19.8 Å². The summed E-state index contributed by atoms with van der Waals surface area (Å²) in [6.07, 6.45) is 5.62. The minimum atomic E-state index is -0.712. The van der Waals surface area contributed by atoms with E-state index >= 15 is 0 Å². The van der Waals surface area contributed by atoms with Crippen molar-refractivity contribution in [3.63, 3.8) is 0 Å². The number of carbonyl (C=O) groups excluding carboxylic acids is 3. The number of nitrogens with zero attached hydrogens (tertiary/aromatic N) is 5. The highest BCUT2D eigenvalue weighted by atomic mass is 16.2. The normalized spacial score (nSPS) is 24.3. The van der Waals surface area contributed by atoms with Gasteiger partial charge in [0.2, 0.25) is 17.7 Å². The van der Waals surface area contributed by atoms with Crippen LogP contribution in [0.3, 0.4) is 0 Å². The summed E-state index contributed by atoms with van der Waals surface area (Å²) in [4.78, 5) is 54.0. The SMILES string of the molecule is Cc1cc(N2CCN(C(=O)C(CC(C)C)N3C(=O)C4CC=CCC4C3=O)CC2)nc(C)n1. The Labute approximate surface area is 189 Å². The maximum atomic E-state index is 13.6. The Kier molecular flexibility index (Phi) is 6.31. The van der Waals surface area contributed by atoms with Crippen LogP contribution in [-0.4, -0.2) is 69.7 Å². The molecule has 2 saturated heterocycles. The third-order valence-corrected chi connectivity index (χ3v) is 6.70. The molecule has 3 unspecified atom stereocenters. The maximum absolute atomic E-state index is 13.6. The van der Waals surface area contributed by atoms with Gasteiger partial charge in [0.1, 0.15) is 17.7 Å². The van der Waals surface area contributed by atoms with Gasteiger partial charge in [0.25, 0.3) is 0 Å². The number of aromatic nitrogens is 2. The lowest BCUT2D eigenvalue weighted by Crippen LogP contribution is -2.56. The molecule has 0 radical (unpaired) electrons. The van der Waals surface area contributed by atoms with Crippen molar-refractivity contribution < 1.29 is 14.4 Å². The largest absolute Gasteiger partial charge is 0.353 e. The highest BCUT2D eigenvalue weighted by molar-refractivity contribution is 6.08. The second kappa shape index (κ2) is 9.00. The van der Waals surface area contributed by atoms with Gasteiger partial charge in [-0.1, -0.05) is 26.0 Å². The zero-order chi connectivity index (χ0) is 23.0. The second-order valence-electron chi connectivity index (χ2n) is 9.57. The first kappa shape index (κ1) is 22.4. The number of rotatable bonds is 5. The summed E-state index contributed by atoms with van der Waals surface area (Å²) < 4.78 is 0. The molecule has 3 heterocycles. The summed E-state index contributed by atoms with van der Waals surface area (Å²) in [5.74, 6) is 0.732. The minimum absolute atomic E-state index is 0.110. The number of imide groups is 1. The molecule has 1 aliphatic carbocycles. The van der Waals surface area contributed by atoms with E-state index in [0.717, 1.165) is 17.3 Å². The third-order valence-electron chi connectivity index (χ3n) is 6.70. The lowest BCUT2D eigenvalue weighted by molar-refractivity contribution is -0.152. The number of allylic oxidation sites excluding steroid dienone is 2. The number of carbonyl (C=O) groups is 3. The van der Waals surface area contributed by atoms with Crippen molar-refractivity contribution in [3.8, 4) is 0 Å². The molecule has 0 N–H and O–H groups in total. The monoisotopic (exact) mass is 439 g/mol.